The summed E-state index contributed by atoms with van der Waals surface area (Å²) in [6.45, 7) is 1.28. The third-order valence-electron chi connectivity index (χ3n) is 2.44. The van der Waals surface area contributed by atoms with Crippen LogP contribution in [0.4, 0.5) is 0 Å². The molecular formula is C10H14N2O2. The summed E-state index contributed by atoms with van der Waals surface area (Å²) in [6, 6.07) is 4.18. The standard InChI is InChI=1S/C10H14N2O2/c1-11-8-5-14-6-9-7(8)3-4-10(12-9)13-2/h3-4,8,11H,5-6H2,1-2H3/t8-/m0/s1. The minimum atomic E-state index is 0.247. The molecule has 0 amide bonds. The lowest BCUT2D eigenvalue weighted by atomic mass is 10.0. The predicted molar refractivity (Wildman–Crippen MR) is 52.2 cm³/mol. The van der Waals surface area contributed by atoms with Gasteiger partial charge in [0.2, 0.25) is 5.88 Å². The molecule has 0 unspecified atom stereocenters. The summed E-state index contributed by atoms with van der Waals surface area (Å²) in [4.78, 5) is 4.34. The number of methoxy groups -OCH3 is 1. The van der Waals surface area contributed by atoms with E-state index < -0.39 is 0 Å². The molecule has 76 valence electrons. The van der Waals surface area contributed by atoms with Crippen molar-refractivity contribution in [2.45, 2.75) is 12.6 Å². The fourth-order valence-corrected chi connectivity index (χ4v) is 1.64. The van der Waals surface area contributed by atoms with E-state index in [1.807, 2.05) is 19.2 Å². The van der Waals surface area contributed by atoms with Gasteiger partial charge in [0.15, 0.2) is 0 Å². The van der Waals surface area contributed by atoms with Gasteiger partial charge >= 0.3 is 0 Å². The highest BCUT2D eigenvalue weighted by molar-refractivity contribution is 5.29. The van der Waals surface area contributed by atoms with Gasteiger partial charge in [0.1, 0.15) is 0 Å². The molecule has 4 nitrogen and oxygen atoms in total. The molecule has 0 aliphatic carbocycles. The number of fused-ring (bicyclic) bond motifs is 1. The van der Waals surface area contributed by atoms with Crippen LogP contribution >= 0.6 is 0 Å². The summed E-state index contributed by atoms with van der Waals surface area (Å²) in [6.07, 6.45) is 0. The monoisotopic (exact) mass is 194 g/mol. The van der Waals surface area contributed by atoms with Crippen LogP contribution < -0.4 is 10.1 Å². The van der Waals surface area contributed by atoms with Gasteiger partial charge in [-0.25, -0.2) is 4.98 Å². The smallest absolute Gasteiger partial charge is 0.213 e. The SMILES string of the molecule is CN[C@H]1COCc2nc(OC)ccc21. The number of pyridine rings is 1. The van der Waals surface area contributed by atoms with Crippen molar-refractivity contribution in [3.05, 3.63) is 23.4 Å². The molecule has 0 saturated carbocycles. The summed E-state index contributed by atoms with van der Waals surface area (Å²) in [5.74, 6) is 0.643. The molecular weight excluding hydrogens is 180 g/mol. The molecule has 1 aliphatic rings. The molecule has 0 fully saturated rings. The number of nitrogens with one attached hydrogen (secondary N) is 1. The molecule has 0 radical (unpaired) electrons. The van der Waals surface area contributed by atoms with Gasteiger partial charge in [0.05, 0.1) is 32.1 Å². The van der Waals surface area contributed by atoms with E-state index in [1.54, 1.807) is 7.11 Å². The molecule has 14 heavy (non-hydrogen) atoms. The van der Waals surface area contributed by atoms with Crippen molar-refractivity contribution in [1.82, 2.24) is 10.3 Å². The second-order valence-corrected chi connectivity index (χ2v) is 3.25. The number of hydrogen-bond acceptors (Lipinski definition) is 4. The van der Waals surface area contributed by atoms with Crippen LogP contribution in [0.1, 0.15) is 17.3 Å². The predicted octanol–water partition coefficient (Wildman–Crippen LogP) is 0.881. The number of ether oxygens (including phenoxy) is 2. The average molecular weight is 194 g/mol. The Morgan fingerprint density at radius 3 is 3.14 bits per heavy atom. The Labute approximate surface area is 83.2 Å². The van der Waals surface area contributed by atoms with Gasteiger partial charge in [-0.3, -0.25) is 0 Å². The van der Waals surface area contributed by atoms with E-state index in [2.05, 4.69) is 10.3 Å². The minimum Gasteiger partial charge on any atom is -0.481 e. The third kappa shape index (κ3) is 1.58. The van der Waals surface area contributed by atoms with E-state index in [0.717, 1.165) is 5.69 Å². The highest BCUT2D eigenvalue weighted by Gasteiger charge is 2.20. The third-order valence-corrected chi connectivity index (χ3v) is 2.44. The Bertz CT molecular complexity index is 328. The quantitative estimate of drug-likeness (QED) is 0.759. The Kier molecular flexibility index (Phi) is 2.65. The fourth-order valence-electron chi connectivity index (χ4n) is 1.64. The molecule has 4 heteroatoms. The van der Waals surface area contributed by atoms with Crippen molar-refractivity contribution in [1.29, 1.82) is 0 Å². The van der Waals surface area contributed by atoms with Gasteiger partial charge < -0.3 is 14.8 Å². The topological polar surface area (TPSA) is 43.4 Å². The molecule has 1 aromatic heterocycles. The molecule has 1 atom stereocenters. The molecule has 0 spiro atoms. The van der Waals surface area contributed by atoms with Crippen LogP contribution in [0.15, 0.2) is 12.1 Å². The Hall–Kier alpha value is -1.13. The number of aromatic nitrogens is 1. The molecule has 2 heterocycles. The van der Waals surface area contributed by atoms with Crippen LogP contribution in [0.5, 0.6) is 5.88 Å². The van der Waals surface area contributed by atoms with Crippen LogP contribution in [0, 0.1) is 0 Å². The van der Waals surface area contributed by atoms with Crippen molar-refractivity contribution in [2.24, 2.45) is 0 Å². The molecule has 2 rings (SSSR count). The highest BCUT2D eigenvalue weighted by Crippen LogP contribution is 2.24. The van der Waals surface area contributed by atoms with E-state index in [-0.39, 0.29) is 6.04 Å². The van der Waals surface area contributed by atoms with Crippen molar-refractivity contribution >= 4 is 0 Å². The zero-order valence-electron chi connectivity index (χ0n) is 8.41. The van der Waals surface area contributed by atoms with Crippen LogP contribution in [-0.4, -0.2) is 25.7 Å². The molecule has 0 saturated heterocycles. The number of likely N-dealkylation sites (N-methyl/N-ethyl adjacent to an activating group) is 1. The van der Waals surface area contributed by atoms with Crippen molar-refractivity contribution in [2.75, 3.05) is 20.8 Å². The van der Waals surface area contributed by atoms with Crippen LogP contribution in [-0.2, 0) is 11.3 Å². The van der Waals surface area contributed by atoms with Gasteiger partial charge in [-0.05, 0) is 12.6 Å². The second-order valence-electron chi connectivity index (χ2n) is 3.25. The maximum atomic E-state index is 5.42. The summed E-state index contributed by atoms with van der Waals surface area (Å²) >= 11 is 0. The first-order chi connectivity index (χ1) is 6.85. The molecule has 0 bridgehead atoms. The lowest BCUT2D eigenvalue weighted by Gasteiger charge is -2.24. The minimum absolute atomic E-state index is 0.247. The molecule has 1 aromatic rings. The zero-order chi connectivity index (χ0) is 9.97. The maximum Gasteiger partial charge on any atom is 0.213 e. The summed E-state index contributed by atoms with van der Waals surface area (Å²) in [7, 11) is 3.54. The van der Waals surface area contributed by atoms with E-state index in [9.17, 15) is 0 Å². The fraction of sp³-hybridized carbons (Fsp3) is 0.500. The molecule has 0 aromatic carbocycles. The van der Waals surface area contributed by atoms with E-state index >= 15 is 0 Å². The van der Waals surface area contributed by atoms with Gasteiger partial charge in [0, 0.05) is 6.07 Å². The first kappa shape index (κ1) is 9.43. The van der Waals surface area contributed by atoms with Crippen molar-refractivity contribution in [3.63, 3.8) is 0 Å². The van der Waals surface area contributed by atoms with Crippen LogP contribution in [0.25, 0.3) is 0 Å². The Morgan fingerprint density at radius 1 is 1.57 bits per heavy atom. The number of hydrogen-bond donors (Lipinski definition) is 1. The van der Waals surface area contributed by atoms with E-state index in [4.69, 9.17) is 9.47 Å². The molecule has 1 aliphatic heterocycles. The van der Waals surface area contributed by atoms with Gasteiger partial charge in [0.25, 0.3) is 0 Å². The van der Waals surface area contributed by atoms with Crippen molar-refractivity contribution in [3.8, 4) is 5.88 Å². The largest absolute Gasteiger partial charge is 0.481 e. The van der Waals surface area contributed by atoms with Gasteiger partial charge in [-0.2, -0.15) is 0 Å². The average Bonchev–Trinajstić information content (AvgIpc) is 2.27. The number of rotatable bonds is 2. The van der Waals surface area contributed by atoms with Gasteiger partial charge in [-0.15, -0.1) is 0 Å². The lowest BCUT2D eigenvalue weighted by Crippen LogP contribution is -2.27. The highest BCUT2D eigenvalue weighted by atomic mass is 16.5. The zero-order valence-corrected chi connectivity index (χ0v) is 8.41. The van der Waals surface area contributed by atoms with Crippen LogP contribution in [0.3, 0.4) is 0 Å². The Morgan fingerprint density at radius 2 is 2.43 bits per heavy atom. The van der Waals surface area contributed by atoms with E-state index in [1.165, 1.54) is 5.56 Å². The first-order valence-electron chi connectivity index (χ1n) is 4.64. The van der Waals surface area contributed by atoms with Crippen LogP contribution in [0.2, 0.25) is 0 Å². The normalized spacial score (nSPS) is 20.3. The maximum absolute atomic E-state index is 5.42. The summed E-state index contributed by atoms with van der Waals surface area (Å²) in [5, 5.41) is 3.19. The Balaban J connectivity index is 2.35. The second kappa shape index (κ2) is 3.94. The summed E-state index contributed by atoms with van der Waals surface area (Å²) in [5.41, 5.74) is 2.18. The number of nitrogens with zero attached hydrogens (tertiary/aromatic N) is 1. The first-order valence-corrected chi connectivity index (χ1v) is 4.64. The molecule has 1 N–H and O–H groups in total. The van der Waals surface area contributed by atoms with Crippen molar-refractivity contribution < 1.29 is 9.47 Å². The lowest BCUT2D eigenvalue weighted by molar-refractivity contribution is 0.0808. The van der Waals surface area contributed by atoms with E-state index in [0.29, 0.717) is 19.1 Å². The summed E-state index contributed by atoms with van der Waals surface area (Å²) < 4.78 is 10.5. The van der Waals surface area contributed by atoms with Gasteiger partial charge in [-0.1, -0.05) is 6.07 Å².